The minimum absolute atomic E-state index is 0.000958. The smallest absolute Gasteiger partial charge is 0.227 e. The minimum atomic E-state index is -0.318. The highest BCUT2D eigenvalue weighted by Gasteiger charge is 2.23. The summed E-state index contributed by atoms with van der Waals surface area (Å²) in [5.74, 6) is 1.05. The predicted molar refractivity (Wildman–Crippen MR) is 88.8 cm³/mol. The molecule has 0 fully saturated rings. The third-order valence-corrected chi connectivity index (χ3v) is 4.32. The molecule has 3 rings (SSSR count). The molecule has 0 spiro atoms. The maximum atomic E-state index is 13.3. The van der Waals surface area contributed by atoms with Gasteiger partial charge in [0.1, 0.15) is 5.82 Å². The molecule has 2 aromatic carbocycles. The molecule has 0 N–H and O–H groups in total. The second kappa shape index (κ2) is 6.91. The van der Waals surface area contributed by atoms with Gasteiger partial charge in [-0.3, -0.25) is 4.79 Å². The molecule has 0 radical (unpaired) electrons. The maximum Gasteiger partial charge on any atom is 0.227 e. The first-order valence-electron chi connectivity index (χ1n) is 7.86. The molecule has 24 heavy (non-hydrogen) atoms. The number of carbonyl (C=O) groups excluding carboxylic acids is 1. The van der Waals surface area contributed by atoms with Gasteiger partial charge < -0.3 is 14.4 Å². The average Bonchev–Trinajstić information content (AvgIpc) is 2.59. The first kappa shape index (κ1) is 16.3. The van der Waals surface area contributed by atoms with Crippen LogP contribution in [0, 0.1) is 5.82 Å². The van der Waals surface area contributed by atoms with Crippen LogP contribution in [0.3, 0.4) is 0 Å². The van der Waals surface area contributed by atoms with Gasteiger partial charge in [0.2, 0.25) is 5.91 Å². The number of amides is 1. The van der Waals surface area contributed by atoms with Crippen molar-refractivity contribution in [2.75, 3.05) is 20.8 Å². The Bertz CT molecular complexity index is 760. The fraction of sp³-hybridized carbons (Fsp3) is 0.316. The Hall–Kier alpha value is -2.56. The standard InChI is InChI=1S/C19H20FNO3/c1-23-17-10-14-6-7-21(12-15(14)11-18(17)24-2)19(22)9-13-4-3-5-16(20)8-13/h3-5,8,10-11H,6-7,9,12H2,1-2H3. The Morgan fingerprint density at radius 3 is 2.50 bits per heavy atom. The van der Waals surface area contributed by atoms with Crippen molar-refractivity contribution in [3.8, 4) is 11.5 Å². The minimum Gasteiger partial charge on any atom is -0.493 e. The number of nitrogens with zero attached hydrogens (tertiary/aromatic N) is 1. The van der Waals surface area contributed by atoms with Crippen LogP contribution in [-0.4, -0.2) is 31.6 Å². The van der Waals surface area contributed by atoms with Gasteiger partial charge in [-0.2, -0.15) is 0 Å². The van der Waals surface area contributed by atoms with E-state index in [9.17, 15) is 9.18 Å². The van der Waals surface area contributed by atoms with Crippen molar-refractivity contribution >= 4 is 5.91 Å². The van der Waals surface area contributed by atoms with Crippen molar-refractivity contribution in [2.24, 2.45) is 0 Å². The largest absolute Gasteiger partial charge is 0.493 e. The molecule has 0 unspecified atom stereocenters. The lowest BCUT2D eigenvalue weighted by molar-refractivity contribution is -0.131. The average molecular weight is 329 g/mol. The molecule has 0 aromatic heterocycles. The van der Waals surface area contributed by atoms with Gasteiger partial charge in [-0.05, 0) is 47.4 Å². The molecule has 0 saturated carbocycles. The molecular formula is C19H20FNO3. The van der Waals surface area contributed by atoms with Crippen LogP contribution in [-0.2, 0) is 24.2 Å². The molecule has 1 amide bonds. The van der Waals surface area contributed by atoms with E-state index >= 15 is 0 Å². The number of benzene rings is 2. The molecule has 1 aliphatic heterocycles. The highest BCUT2D eigenvalue weighted by molar-refractivity contribution is 5.79. The van der Waals surface area contributed by atoms with Crippen LogP contribution >= 0.6 is 0 Å². The van der Waals surface area contributed by atoms with Gasteiger partial charge in [0.05, 0.1) is 20.6 Å². The molecule has 0 aliphatic carbocycles. The second-order valence-electron chi connectivity index (χ2n) is 5.85. The number of rotatable bonds is 4. The van der Waals surface area contributed by atoms with E-state index in [1.165, 1.54) is 17.7 Å². The van der Waals surface area contributed by atoms with E-state index in [0.717, 1.165) is 12.0 Å². The number of fused-ring (bicyclic) bond motifs is 1. The first-order valence-corrected chi connectivity index (χ1v) is 7.86. The summed E-state index contributed by atoms with van der Waals surface area (Å²) in [5, 5.41) is 0. The second-order valence-corrected chi connectivity index (χ2v) is 5.85. The van der Waals surface area contributed by atoms with E-state index in [4.69, 9.17) is 9.47 Å². The van der Waals surface area contributed by atoms with E-state index in [1.807, 2.05) is 12.1 Å². The topological polar surface area (TPSA) is 38.8 Å². The van der Waals surface area contributed by atoms with Gasteiger partial charge in [0.25, 0.3) is 0 Å². The number of carbonyl (C=O) groups is 1. The zero-order valence-electron chi connectivity index (χ0n) is 13.8. The summed E-state index contributed by atoms with van der Waals surface area (Å²) < 4.78 is 23.9. The Morgan fingerprint density at radius 2 is 1.83 bits per heavy atom. The van der Waals surface area contributed by atoms with Crippen molar-refractivity contribution in [2.45, 2.75) is 19.4 Å². The zero-order chi connectivity index (χ0) is 17.1. The zero-order valence-corrected chi connectivity index (χ0v) is 13.8. The van der Waals surface area contributed by atoms with E-state index in [0.29, 0.717) is 30.2 Å². The Kier molecular flexibility index (Phi) is 4.69. The van der Waals surface area contributed by atoms with E-state index in [2.05, 4.69) is 0 Å². The van der Waals surface area contributed by atoms with Crippen LogP contribution in [0.15, 0.2) is 36.4 Å². The molecule has 1 heterocycles. The third kappa shape index (κ3) is 3.35. The quantitative estimate of drug-likeness (QED) is 0.866. The highest BCUT2D eigenvalue weighted by Crippen LogP contribution is 2.33. The summed E-state index contributed by atoms with van der Waals surface area (Å²) in [6.45, 7) is 1.18. The summed E-state index contributed by atoms with van der Waals surface area (Å²) >= 11 is 0. The van der Waals surface area contributed by atoms with E-state index in [1.54, 1.807) is 31.3 Å². The van der Waals surface area contributed by atoms with Gasteiger partial charge in [0.15, 0.2) is 11.5 Å². The monoisotopic (exact) mass is 329 g/mol. The number of methoxy groups -OCH3 is 2. The van der Waals surface area contributed by atoms with Crippen LogP contribution in [0.1, 0.15) is 16.7 Å². The van der Waals surface area contributed by atoms with Gasteiger partial charge in [0, 0.05) is 13.1 Å². The summed E-state index contributed by atoms with van der Waals surface area (Å²) in [7, 11) is 3.21. The molecule has 0 saturated heterocycles. The van der Waals surface area contributed by atoms with E-state index < -0.39 is 0 Å². The Labute approximate surface area is 140 Å². The maximum absolute atomic E-state index is 13.3. The van der Waals surface area contributed by atoms with Crippen LogP contribution in [0.5, 0.6) is 11.5 Å². The fourth-order valence-corrected chi connectivity index (χ4v) is 3.03. The van der Waals surface area contributed by atoms with Crippen molar-refractivity contribution in [1.82, 2.24) is 4.90 Å². The van der Waals surface area contributed by atoms with Gasteiger partial charge >= 0.3 is 0 Å². The highest BCUT2D eigenvalue weighted by atomic mass is 19.1. The van der Waals surface area contributed by atoms with Crippen molar-refractivity contribution in [3.05, 3.63) is 58.9 Å². The fourth-order valence-electron chi connectivity index (χ4n) is 3.03. The lowest BCUT2D eigenvalue weighted by Gasteiger charge is -2.29. The molecule has 0 bridgehead atoms. The van der Waals surface area contributed by atoms with Crippen LogP contribution in [0.25, 0.3) is 0 Å². The SMILES string of the molecule is COc1cc2c(cc1OC)CN(C(=O)Cc1cccc(F)c1)CC2. The molecular weight excluding hydrogens is 309 g/mol. The Morgan fingerprint density at radius 1 is 1.12 bits per heavy atom. The molecule has 1 aliphatic rings. The summed E-state index contributed by atoms with van der Waals surface area (Å²) in [5.41, 5.74) is 2.92. The normalized spacial score (nSPS) is 13.4. The number of ether oxygens (including phenoxy) is 2. The Balaban J connectivity index is 1.75. The predicted octanol–water partition coefficient (Wildman–Crippen LogP) is 2.97. The van der Waals surface area contributed by atoms with Crippen LogP contribution in [0.4, 0.5) is 4.39 Å². The van der Waals surface area contributed by atoms with Crippen molar-refractivity contribution < 1.29 is 18.7 Å². The summed E-state index contributed by atoms with van der Waals surface area (Å²) in [4.78, 5) is 14.3. The lowest BCUT2D eigenvalue weighted by atomic mass is 9.98. The number of hydrogen-bond donors (Lipinski definition) is 0. The van der Waals surface area contributed by atoms with Gasteiger partial charge in [-0.15, -0.1) is 0 Å². The molecule has 5 heteroatoms. The number of halogens is 1. The lowest BCUT2D eigenvalue weighted by Crippen LogP contribution is -2.37. The summed E-state index contributed by atoms with van der Waals surface area (Å²) in [6, 6.07) is 10.1. The van der Waals surface area contributed by atoms with Crippen molar-refractivity contribution in [3.63, 3.8) is 0 Å². The van der Waals surface area contributed by atoms with Gasteiger partial charge in [-0.1, -0.05) is 12.1 Å². The molecule has 4 nitrogen and oxygen atoms in total. The van der Waals surface area contributed by atoms with Crippen LogP contribution < -0.4 is 9.47 Å². The summed E-state index contributed by atoms with van der Waals surface area (Å²) in [6.07, 6.45) is 0.977. The third-order valence-electron chi connectivity index (χ3n) is 4.32. The van der Waals surface area contributed by atoms with Crippen molar-refractivity contribution in [1.29, 1.82) is 0 Å². The molecule has 0 atom stereocenters. The van der Waals surface area contributed by atoms with E-state index in [-0.39, 0.29) is 18.1 Å². The number of hydrogen-bond acceptors (Lipinski definition) is 3. The van der Waals surface area contributed by atoms with Gasteiger partial charge in [-0.25, -0.2) is 4.39 Å². The van der Waals surface area contributed by atoms with Crippen LogP contribution in [0.2, 0.25) is 0 Å². The molecule has 126 valence electrons. The first-order chi connectivity index (χ1) is 11.6. The molecule has 2 aromatic rings.